The number of carbonyl (C=O) groups is 1. The van der Waals surface area contributed by atoms with Gasteiger partial charge >= 0.3 is 5.97 Å². The fourth-order valence-corrected chi connectivity index (χ4v) is 3.73. The largest absolute Gasteiger partial charge is 0.465 e. The van der Waals surface area contributed by atoms with Gasteiger partial charge in [0.05, 0.1) is 12.8 Å². The third-order valence-electron chi connectivity index (χ3n) is 3.91. The molecule has 1 N–H and O–H groups in total. The van der Waals surface area contributed by atoms with Crippen LogP contribution in [0.2, 0.25) is 0 Å². The lowest BCUT2D eigenvalue weighted by atomic mass is 9.83. The van der Waals surface area contributed by atoms with Crippen molar-refractivity contribution in [2.75, 3.05) is 12.4 Å². The number of aryl methyl sites for hydroxylation is 1. The average molecular weight is 282 g/mol. The monoisotopic (exact) mass is 282 g/mol. The van der Waals surface area contributed by atoms with Gasteiger partial charge in [0.1, 0.15) is 4.88 Å². The first-order valence-corrected chi connectivity index (χ1v) is 7.79. The maximum absolute atomic E-state index is 11.6. The fourth-order valence-electron chi connectivity index (χ4n) is 2.79. The Balaban J connectivity index is 2.08. The first-order valence-electron chi connectivity index (χ1n) is 6.98. The van der Waals surface area contributed by atoms with E-state index >= 15 is 0 Å². The van der Waals surface area contributed by atoms with Crippen molar-refractivity contribution in [3.8, 4) is 0 Å². The van der Waals surface area contributed by atoms with Crippen LogP contribution in [-0.4, -0.2) is 24.1 Å². The number of hydrogen-bond acceptors (Lipinski definition) is 5. The Bertz CT molecular complexity index is 445. The Kier molecular flexibility index (Phi) is 4.80. The molecule has 1 heterocycles. The number of methoxy groups -OCH3 is 1. The quantitative estimate of drug-likeness (QED) is 0.857. The molecule has 1 aliphatic carbocycles. The van der Waals surface area contributed by atoms with Gasteiger partial charge in [-0.25, -0.2) is 9.78 Å². The normalized spacial score (nSPS) is 23.1. The molecule has 1 fully saturated rings. The first kappa shape index (κ1) is 14.3. The minimum Gasteiger partial charge on any atom is -0.465 e. The van der Waals surface area contributed by atoms with Crippen LogP contribution >= 0.6 is 11.3 Å². The lowest BCUT2D eigenvalue weighted by Gasteiger charge is -2.31. The van der Waals surface area contributed by atoms with Gasteiger partial charge in [-0.3, -0.25) is 0 Å². The van der Waals surface area contributed by atoms with Gasteiger partial charge in [0.15, 0.2) is 5.13 Å². The molecule has 1 aromatic heterocycles. The maximum Gasteiger partial charge on any atom is 0.350 e. The van der Waals surface area contributed by atoms with Gasteiger partial charge in [-0.05, 0) is 25.7 Å². The second-order valence-corrected chi connectivity index (χ2v) is 6.13. The van der Waals surface area contributed by atoms with Crippen molar-refractivity contribution in [1.82, 2.24) is 4.98 Å². The van der Waals surface area contributed by atoms with Crippen LogP contribution in [0.1, 0.15) is 54.4 Å². The van der Waals surface area contributed by atoms with Crippen molar-refractivity contribution >= 4 is 22.4 Å². The highest BCUT2D eigenvalue weighted by Crippen LogP contribution is 2.31. The van der Waals surface area contributed by atoms with Crippen molar-refractivity contribution in [2.45, 2.75) is 52.0 Å². The van der Waals surface area contributed by atoms with Crippen molar-refractivity contribution in [2.24, 2.45) is 5.92 Å². The zero-order valence-electron chi connectivity index (χ0n) is 11.9. The van der Waals surface area contributed by atoms with Crippen LogP contribution in [0.3, 0.4) is 0 Å². The molecule has 0 bridgehead atoms. The number of nitrogens with zero attached hydrogens (tertiary/aromatic N) is 1. The summed E-state index contributed by atoms with van der Waals surface area (Å²) in [4.78, 5) is 16.6. The predicted molar refractivity (Wildman–Crippen MR) is 77.9 cm³/mol. The van der Waals surface area contributed by atoms with Crippen molar-refractivity contribution < 1.29 is 9.53 Å². The van der Waals surface area contributed by atoms with Gasteiger partial charge in [0.2, 0.25) is 0 Å². The summed E-state index contributed by atoms with van der Waals surface area (Å²) in [5, 5.41) is 4.37. The van der Waals surface area contributed by atoms with E-state index in [1.54, 1.807) is 0 Å². The zero-order valence-corrected chi connectivity index (χ0v) is 12.7. The number of esters is 1. The summed E-state index contributed by atoms with van der Waals surface area (Å²) in [5.74, 6) is 0.429. The van der Waals surface area contributed by atoms with Gasteiger partial charge in [-0.2, -0.15) is 0 Å². The lowest BCUT2D eigenvalue weighted by molar-refractivity contribution is 0.0605. The van der Waals surface area contributed by atoms with E-state index in [0.29, 0.717) is 10.9 Å². The summed E-state index contributed by atoms with van der Waals surface area (Å²) in [7, 11) is 1.41. The molecular formula is C14H22N2O2S. The molecule has 1 aromatic rings. The van der Waals surface area contributed by atoms with E-state index < -0.39 is 0 Å². The van der Waals surface area contributed by atoms with Crippen LogP contribution in [0.25, 0.3) is 0 Å². The number of carbonyl (C=O) groups excluding carboxylic acids is 1. The summed E-state index contributed by atoms with van der Waals surface area (Å²) in [5.41, 5.74) is 0.753. The van der Waals surface area contributed by atoms with Crippen LogP contribution < -0.4 is 5.32 Å². The van der Waals surface area contributed by atoms with Crippen LogP contribution in [-0.2, 0) is 4.74 Å². The third kappa shape index (κ3) is 3.26. The van der Waals surface area contributed by atoms with Crippen molar-refractivity contribution in [1.29, 1.82) is 0 Å². The molecule has 4 nitrogen and oxygen atoms in total. The van der Waals surface area contributed by atoms with Crippen LogP contribution in [0.5, 0.6) is 0 Å². The first-order chi connectivity index (χ1) is 9.15. The molecule has 0 aliphatic heterocycles. The van der Waals surface area contributed by atoms with Gasteiger partial charge in [0.25, 0.3) is 0 Å². The summed E-state index contributed by atoms with van der Waals surface area (Å²) in [6.45, 7) is 4.10. The molecule has 2 atom stereocenters. The van der Waals surface area contributed by atoms with Gasteiger partial charge in [-0.15, -0.1) is 0 Å². The highest BCUT2D eigenvalue weighted by molar-refractivity contribution is 7.17. The molecule has 0 amide bonds. The van der Waals surface area contributed by atoms with E-state index in [1.807, 2.05) is 6.92 Å². The Morgan fingerprint density at radius 2 is 2.21 bits per heavy atom. The van der Waals surface area contributed by atoms with Gasteiger partial charge < -0.3 is 10.1 Å². The van der Waals surface area contributed by atoms with E-state index in [-0.39, 0.29) is 5.97 Å². The highest BCUT2D eigenvalue weighted by atomic mass is 32.1. The Morgan fingerprint density at radius 3 is 2.89 bits per heavy atom. The van der Waals surface area contributed by atoms with E-state index in [2.05, 4.69) is 17.2 Å². The Hall–Kier alpha value is -1.10. The topological polar surface area (TPSA) is 51.2 Å². The van der Waals surface area contributed by atoms with E-state index in [4.69, 9.17) is 4.74 Å². The molecule has 0 radical (unpaired) electrons. The number of nitrogens with one attached hydrogen (secondary N) is 1. The SMILES string of the molecule is CCC1CCCCC1Nc1nc(C)c(C(=O)OC)s1. The van der Waals surface area contributed by atoms with Crippen LogP contribution in [0.15, 0.2) is 0 Å². The van der Waals surface area contributed by atoms with Crippen molar-refractivity contribution in [3.05, 3.63) is 10.6 Å². The predicted octanol–water partition coefficient (Wildman–Crippen LogP) is 3.62. The smallest absolute Gasteiger partial charge is 0.350 e. The Morgan fingerprint density at radius 1 is 1.47 bits per heavy atom. The molecule has 2 rings (SSSR count). The van der Waals surface area contributed by atoms with E-state index in [1.165, 1.54) is 50.6 Å². The minimum absolute atomic E-state index is 0.293. The average Bonchev–Trinajstić information content (AvgIpc) is 2.79. The lowest BCUT2D eigenvalue weighted by Crippen LogP contribution is -2.31. The number of anilines is 1. The summed E-state index contributed by atoms with van der Waals surface area (Å²) < 4.78 is 4.77. The molecule has 0 spiro atoms. The minimum atomic E-state index is -0.293. The summed E-state index contributed by atoms with van der Waals surface area (Å²) in [6.07, 6.45) is 6.31. The number of aromatic nitrogens is 1. The number of thiazole rings is 1. The van der Waals surface area contributed by atoms with E-state index in [9.17, 15) is 4.79 Å². The highest BCUT2D eigenvalue weighted by Gasteiger charge is 2.25. The summed E-state index contributed by atoms with van der Waals surface area (Å²) >= 11 is 1.40. The molecule has 0 aromatic carbocycles. The Labute approximate surface area is 118 Å². The molecule has 1 saturated carbocycles. The molecule has 2 unspecified atom stereocenters. The number of ether oxygens (including phenoxy) is 1. The summed E-state index contributed by atoms with van der Waals surface area (Å²) in [6, 6.07) is 0.495. The third-order valence-corrected chi connectivity index (χ3v) is 4.98. The van der Waals surface area contributed by atoms with Gasteiger partial charge in [0, 0.05) is 6.04 Å². The van der Waals surface area contributed by atoms with Crippen LogP contribution in [0, 0.1) is 12.8 Å². The fraction of sp³-hybridized carbons (Fsp3) is 0.714. The van der Waals surface area contributed by atoms with Crippen LogP contribution in [0.4, 0.5) is 5.13 Å². The van der Waals surface area contributed by atoms with Gasteiger partial charge in [-0.1, -0.05) is 37.5 Å². The second kappa shape index (κ2) is 6.37. The zero-order chi connectivity index (χ0) is 13.8. The maximum atomic E-state index is 11.6. The molecule has 19 heavy (non-hydrogen) atoms. The second-order valence-electron chi connectivity index (χ2n) is 5.13. The standard InChI is InChI=1S/C14H22N2O2S/c1-4-10-7-5-6-8-11(10)16-14-15-9(2)12(19-14)13(17)18-3/h10-11H,4-8H2,1-3H3,(H,15,16). The van der Waals surface area contributed by atoms with Crippen molar-refractivity contribution in [3.63, 3.8) is 0 Å². The molecule has 5 heteroatoms. The number of rotatable bonds is 4. The molecule has 106 valence electrons. The number of hydrogen-bond donors (Lipinski definition) is 1. The molecule has 1 aliphatic rings. The molecular weight excluding hydrogens is 260 g/mol. The van der Waals surface area contributed by atoms with E-state index in [0.717, 1.165) is 16.7 Å². The molecule has 0 saturated heterocycles.